The number of rotatable bonds is 8. The molecule has 1 heterocycles. The van der Waals surface area contributed by atoms with E-state index >= 15 is 0 Å². The van der Waals surface area contributed by atoms with Crippen LogP contribution in [-0.2, 0) is 17.9 Å². The number of imide groups is 1. The number of carbonyl (C=O) groups excluding carboxylic acids is 2. The van der Waals surface area contributed by atoms with Gasteiger partial charge in [0.15, 0.2) is 11.5 Å². The minimum atomic E-state index is -0.459. The van der Waals surface area contributed by atoms with E-state index in [4.69, 9.17) is 21.1 Å². The third-order valence-electron chi connectivity index (χ3n) is 5.18. The fourth-order valence-corrected chi connectivity index (χ4v) is 5.18. The van der Waals surface area contributed by atoms with Crippen LogP contribution in [0.15, 0.2) is 65.6 Å². The molecule has 11 heteroatoms. The molecule has 1 saturated heterocycles. The highest BCUT2D eigenvalue weighted by molar-refractivity contribution is 14.1. The van der Waals surface area contributed by atoms with Crippen LogP contribution in [-0.4, -0.2) is 28.1 Å². The van der Waals surface area contributed by atoms with E-state index < -0.39 is 4.92 Å². The molecule has 3 aromatic rings. The summed E-state index contributed by atoms with van der Waals surface area (Å²) in [5.41, 5.74) is 2.08. The SMILES string of the molecule is COc1cc(/C=C2/SC(=O)N(Cc3ccc(Cl)cc3)C2=O)cc(I)c1OCc1cccc([N+](=O)[O-])c1. The van der Waals surface area contributed by atoms with Crippen LogP contribution in [0.3, 0.4) is 0 Å². The van der Waals surface area contributed by atoms with Crippen LogP contribution in [0.2, 0.25) is 5.02 Å². The van der Waals surface area contributed by atoms with Crippen LogP contribution in [0.25, 0.3) is 6.08 Å². The van der Waals surface area contributed by atoms with Gasteiger partial charge < -0.3 is 9.47 Å². The van der Waals surface area contributed by atoms with Gasteiger partial charge in [-0.1, -0.05) is 35.9 Å². The molecule has 1 aliphatic rings. The maximum absolute atomic E-state index is 12.9. The number of non-ortho nitro benzene ring substituents is 1. The second-order valence-corrected chi connectivity index (χ2v) is 10.2. The molecule has 0 atom stereocenters. The van der Waals surface area contributed by atoms with Gasteiger partial charge in [-0.2, -0.15) is 0 Å². The van der Waals surface area contributed by atoms with Crippen molar-refractivity contribution in [2.75, 3.05) is 7.11 Å². The van der Waals surface area contributed by atoms with Gasteiger partial charge in [0, 0.05) is 17.2 Å². The molecular weight excluding hydrogens is 619 g/mol. The van der Waals surface area contributed by atoms with Gasteiger partial charge in [0.2, 0.25) is 0 Å². The number of benzene rings is 3. The van der Waals surface area contributed by atoms with Gasteiger partial charge in [0.25, 0.3) is 16.8 Å². The molecule has 0 aliphatic carbocycles. The second-order valence-electron chi connectivity index (χ2n) is 7.64. The van der Waals surface area contributed by atoms with Crippen molar-refractivity contribution in [2.45, 2.75) is 13.2 Å². The Labute approximate surface area is 229 Å². The van der Waals surface area contributed by atoms with Crippen molar-refractivity contribution in [2.24, 2.45) is 0 Å². The molecule has 0 saturated carbocycles. The van der Waals surface area contributed by atoms with Crippen LogP contribution in [0.4, 0.5) is 10.5 Å². The summed E-state index contributed by atoms with van der Waals surface area (Å²) in [6, 6.07) is 16.7. The lowest BCUT2D eigenvalue weighted by Gasteiger charge is -2.14. The lowest BCUT2D eigenvalue weighted by molar-refractivity contribution is -0.384. The number of nitro groups is 1. The third kappa shape index (κ3) is 6.00. The first-order chi connectivity index (χ1) is 17.2. The Hall–Kier alpha value is -3.09. The maximum atomic E-state index is 12.9. The average Bonchev–Trinajstić information content (AvgIpc) is 3.11. The number of thioether (sulfide) groups is 1. The first kappa shape index (κ1) is 26.0. The number of hydrogen-bond donors (Lipinski definition) is 0. The summed E-state index contributed by atoms with van der Waals surface area (Å²) in [5.74, 6) is 0.525. The topological polar surface area (TPSA) is 99.0 Å². The molecule has 2 amide bonds. The lowest BCUT2D eigenvalue weighted by atomic mass is 10.1. The van der Waals surface area contributed by atoms with E-state index in [-0.39, 0.29) is 30.0 Å². The molecule has 0 bridgehead atoms. The van der Waals surface area contributed by atoms with Crippen LogP contribution < -0.4 is 9.47 Å². The summed E-state index contributed by atoms with van der Waals surface area (Å²) >= 11 is 8.88. The number of nitrogens with zero attached hydrogens (tertiary/aromatic N) is 2. The summed E-state index contributed by atoms with van der Waals surface area (Å²) in [7, 11) is 1.50. The normalized spacial score (nSPS) is 14.4. The molecule has 184 valence electrons. The predicted molar refractivity (Wildman–Crippen MR) is 146 cm³/mol. The van der Waals surface area contributed by atoms with E-state index in [2.05, 4.69) is 22.6 Å². The minimum absolute atomic E-state index is 0.0156. The molecule has 1 fully saturated rings. The number of ether oxygens (including phenoxy) is 2. The predicted octanol–water partition coefficient (Wildman–Crippen LogP) is 6.68. The molecule has 0 N–H and O–H groups in total. The Kier molecular flexibility index (Phi) is 8.17. The van der Waals surface area contributed by atoms with Crippen molar-refractivity contribution < 1.29 is 24.0 Å². The van der Waals surface area contributed by atoms with E-state index in [1.807, 2.05) is 0 Å². The van der Waals surface area contributed by atoms with Crippen LogP contribution >= 0.6 is 46.0 Å². The van der Waals surface area contributed by atoms with E-state index in [1.165, 1.54) is 24.1 Å². The molecule has 36 heavy (non-hydrogen) atoms. The Bertz CT molecular complexity index is 1380. The first-order valence-corrected chi connectivity index (χ1v) is 12.8. The zero-order valence-corrected chi connectivity index (χ0v) is 22.5. The molecule has 0 radical (unpaired) electrons. The Morgan fingerprint density at radius 1 is 1.11 bits per heavy atom. The molecule has 4 rings (SSSR count). The molecule has 3 aromatic carbocycles. The van der Waals surface area contributed by atoms with E-state index in [1.54, 1.807) is 54.6 Å². The molecule has 0 spiro atoms. The fourth-order valence-electron chi connectivity index (χ4n) is 3.44. The number of nitro benzene ring substituents is 1. The van der Waals surface area contributed by atoms with Crippen LogP contribution in [0.5, 0.6) is 11.5 Å². The van der Waals surface area contributed by atoms with Crippen molar-refractivity contribution in [3.8, 4) is 11.5 Å². The molecular formula is C25H18ClIN2O6S. The van der Waals surface area contributed by atoms with E-state index in [0.29, 0.717) is 36.1 Å². The fraction of sp³-hybridized carbons (Fsp3) is 0.120. The molecule has 8 nitrogen and oxygen atoms in total. The zero-order chi connectivity index (χ0) is 25.8. The summed E-state index contributed by atoms with van der Waals surface area (Å²) in [4.78, 5) is 37.5. The van der Waals surface area contributed by atoms with Crippen LogP contribution in [0, 0.1) is 13.7 Å². The van der Waals surface area contributed by atoms with Gasteiger partial charge >= 0.3 is 0 Å². The smallest absolute Gasteiger partial charge is 0.293 e. The Morgan fingerprint density at radius 3 is 2.56 bits per heavy atom. The summed E-state index contributed by atoms with van der Waals surface area (Å²) < 4.78 is 12.1. The summed E-state index contributed by atoms with van der Waals surface area (Å²) in [6.07, 6.45) is 1.64. The molecule has 0 aromatic heterocycles. The van der Waals surface area contributed by atoms with Gasteiger partial charge in [-0.15, -0.1) is 0 Å². The number of hydrogen-bond acceptors (Lipinski definition) is 7. The minimum Gasteiger partial charge on any atom is -0.493 e. The largest absolute Gasteiger partial charge is 0.493 e. The third-order valence-corrected chi connectivity index (χ3v) is 7.14. The van der Waals surface area contributed by atoms with Crippen molar-refractivity contribution in [1.29, 1.82) is 0 Å². The van der Waals surface area contributed by atoms with Crippen molar-refractivity contribution >= 4 is 68.9 Å². The Morgan fingerprint density at radius 2 is 1.86 bits per heavy atom. The number of carbonyl (C=O) groups is 2. The molecule has 1 aliphatic heterocycles. The number of methoxy groups -OCH3 is 1. The highest BCUT2D eigenvalue weighted by atomic mass is 127. The summed E-state index contributed by atoms with van der Waals surface area (Å²) in [5, 5.41) is 11.2. The van der Waals surface area contributed by atoms with Crippen LogP contribution in [0.1, 0.15) is 16.7 Å². The second kappa shape index (κ2) is 11.3. The Balaban J connectivity index is 1.52. The number of halogens is 2. The van der Waals surface area contributed by atoms with Gasteiger partial charge in [0.05, 0.1) is 27.1 Å². The van der Waals surface area contributed by atoms with Crippen molar-refractivity contribution in [3.63, 3.8) is 0 Å². The lowest BCUT2D eigenvalue weighted by Crippen LogP contribution is -2.27. The molecule has 0 unspecified atom stereocenters. The maximum Gasteiger partial charge on any atom is 0.293 e. The monoisotopic (exact) mass is 636 g/mol. The van der Waals surface area contributed by atoms with Crippen molar-refractivity contribution in [3.05, 3.63) is 101 Å². The zero-order valence-electron chi connectivity index (χ0n) is 18.8. The summed E-state index contributed by atoms with van der Waals surface area (Å²) in [6.45, 7) is 0.265. The van der Waals surface area contributed by atoms with Gasteiger partial charge in [0.1, 0.15) is 6.61 Å². The standard InChI is InChI=1S/C25H18ClIN2O6S/c1-34-21-11-17(10-20(27)23(21)35-14-16-3-2-4-19(9-16)29(32)33)12-22-24(30)28(25(31)36-22)13-15-5-7-18(26)8-6-15/h2-12H,13-14H2,1H3/b22-12+. The van der Waals surface area contributed by atoms with Gasteiger partial charge in [-0.3, -0.25) is 24.6 Å². The first-order valence-electron chi connectivity index (χ1n) is 10.5. The highest BCUT2D eigenvalue weighted by Gasteiger charge is 2.35. The van der Waals surface area contributed by atoms with E-state index in [0.717, 1.165) is 17.3 Å². The quantitative estimate of drug-likeness (QED) is 0.118. The average molecular weight is 637 g/mol. The number of amides is 2. The van der Waals surface area contributed by atoms with E-state index in [9.17, 15) is 19.7 Å². The van der Waals surface area contributed by atoms with Gasteiger partial charge in [-0.25, -0.2) is 0 Å². The highest BCUT2D eigenvalue weighted by Crippen LogP contribution is 2.38. The van der Waals surface area contributed by atoms with Crippen molar-refractivity contribution in [1.82, 2.24) is 4.90 Å². The van der Waals surface area contributed by atoms with Gasteiger partial charge in [-0.05, 0) is 81.4 Å².